The van der Waals surface area contributed by atoms with Crippen molar-refractivity contribution >= 4 is 44.1 Å². The zero-order chi connectivity index (χ0) is 24.4. The van der Waals surface area contributed by atoms with E-state index in [1.54, 1.807) is 25.3 Å². The lowest BCUT2D eigenvalue weighted by molar-refractivity contribution is 1.34. The summed E-state index contributed by atoms with van der Waals surface area (Å²) < 4.78 is 0. The standard InChI is InChI=1S/4C7H6N2/c4*1-2-4-7-6(3-1)8-5-9-7/h4*1-5H,(H,8,9). The second-order valence-electron chi connectivity index (χ2n) is 7.68. The van der Waals surface area contributed by atoms with E-state index in [2.05, 4.69) is 39.9 Å². The molecule has 4 N–H and O–H groups in total. The van der Waals surface area contributed by atoms with Crippen molar-refractivity contribution in [1.29, 1.82) is 0 Å². The maximum Gasteiger partial charge on any atom is 0.0931 e. The number of rotatable bonds is 0. The average Bonchev–Trinajstić information content (AvgIpc) is 3.76. The number of hydrogen-bond acceptors (Lipinski definition) is 4. The molecule has 36 heavy (non-hydrogen) atoms. The van der Waals surface area contributed by atoms with Crippen LogP contribution in [-0.4, -0.2) is 39.9 Å². The summed E-state index contributed by atoms with van der Waals surface area (Å²) in [7, 11) is 0. The van der Waals surface area contributed by atoms with Crippen molar-refractivity contribution in [3.8, 4) is 0 Å². The molecule has 0 aliphatic heterocycles. The van der Waals surface area contributed by atoms with Crippen molar-refractivity contribution in [1.82, 2.24) is 39.9 Å². The average molecular weight is 473 g/mol. The smallest absolute Gasteiger partial charge is 0.0931 e. The van der Waals surface area contributed by atoms with Crippen LogP contribution in [0.4, 0.5) is 0 Å². The molecule has 0 spiro atoms. The molecular weight excluding hydrogens is 448 g/mol. The van der Waals surface area contributed by atoms with Crippen LogP contribution >= 0.6 is 0 Å². The van der Waals surface area contributed by atoms with Gasteiger partial charge in [0.1, 0.15) is 0 Å². The van der Waals surface area contributed by atoms with Gasteiger partial charge >= 0.3 is 0 Å². The minimum atomic E-state index is 1.03. The van der Waals surface area contributed by atoms with E-state index in [1.165, 1.54) is 0 Å². The van der Waals surface area contributed by atoms with Crippen LogP contribution in [0.5, 0.6) is 0 Å². The van der Waals surface area contributed by atoms with Gasteiger partial charge in [-0.3, -0.25) is 0 Å². The second kappa shape index (κ2) is 11.3. The first-order chi connectivity index (χ1) is 17.9. The fourth-order valence-corrected chi connectivity index (χ4v) is 3.52. The van der Waals surface area contributed by atoms with Crippen LogP contribution in [0.2, 0.25) is 0 Å². The third kappa shape index (κ3) is 5.63. The Labute approximate surface area is 206 Å². The zero-order valence-electron chi connectivity index (χ0n) is 19.3. The van der Waals surface area contributed by atoms with Crippen molar-refractivity contribution in [2.75, 3.05) is 0 Å². The van der Waals surface area contributed by atoms with Crippen molar-refractivity contribution in [3.05, 3.63) is 122 Å². The van der Waals surface area contributed by atoms with Crippen LogP contribution in [0.3, 0.4) is 0 Å². The Morgan fingerprint density at radius 3 is 0.750 bits per heavy atom. The fourth-order valence-electron chi connectivity index (χ4n) is 3.52. The van der Waals surface area contributed by atoms with Gasteiger partial charge < -0.3 is 19.9 Å². The SMILES string of the molecule is c1ccc2[nH]cnc2c1.c1ccc2[nH]cnc2c1.c1ccc2[nH]cnc2c1.c1ccc2[nH]cnc2c1. The van der Waals surface area contributed by atoms with E-state index in [-0.39, 0.29) is 0 Å². The van der Waals surface area contributed by atoms with Gasteiger partial charge in [0.15, 0.2) is 0 Å². The van der Waals surface area contributed by atoms with Gasteiger partial charge in [0, 0.05) is 0 Å². The van der Waals surface area contributed by atoms with Crippen molar-refractivity contribution in [2.24, 2.45) is 0 Å². The normalized spacial score (nSPS) is 10.2. The zero-order valence-corrected chi connectivity index (χ0v) is 19.3. The third-order valence-corrected chi connectivity index (χ3v) is 5.31. The lowest BCUT2D eigenvalue weighted by Gasteiger charge is -1.81. The first-order valence-corrected chi connectivity index (χ1v) is 11.4. The summed E-state index contributed by atoms with van der Waals surface area (Å²) in [5.74, 6) is 0. The van der Waals surface area contributed by atoms with E-state index in [0.717, 1.165) is 44.1 Å². The molecule has 8 heteroatoms. The number of H-pyrrole nitrogens is 4. The van der Waals surface area contributed by atoms with Gasteiger partial charge in [-0.1, -0.05) is 48.5 Å². The number of nitrogens with zero attached hydrogens (tertiary/aromatic N) is 4. The molecule has 8 nitrogen and oxygen atoms in total. The number of nitrogens with one attached hydrogen (secondary N) is 4. The summed E-state index contributed by atoms with van der Waals surface area (Å²) in [5.41, 5.74) is 8.48. The molecule has 4 aromatic heterocycles. The van der Waals surface area contributed by atoms with Gasteiger partial charge in [0.25, 0.3) is 0 Å². The number of benzene rings is 4. The highest BCUT2D eigenvalue weighted by molar-refractivity contribution is 5.75. The molecule has 0 aliphatic rings. The van der Waals surface area contributed by atoms with Crippen LogP contribution < -0.4 is 0 Å². The first kappa shape index (κ1) is 22.5. The Balaban J connectivity index is 0.0000000988. The number of aromatic nitrogens is 8. The molecule has 0 atom stereocenters. The highest BCUT2D eigenvalue weighted by Crippen LogP contribution is 2.07. The van der Waals surface area contributed by atoms with E-state index in [4.69, 9.17) is 0 Å². The Hall–Kier alpha value is -5.24. The molecule has 8 rings (SSSR count). The predicted molar refractivity (Wildman–Crippen MR) is 144 cm³/mol. The van der Waals surface area contributed by atoms with Gasteiger partial charge in [0.05, 0.1) is 69.4 Å². The van der Waals surface area contributed by atoms with Crippen LogP contribution in [0.15, 0.2) is 122 Å². The van der Waals surface area contributed by atoms with E-state index < -0.39 is 0 Å². The Kier molecular flexibility index (Phi) is 7.05. The van der Waals surface area contributed by atoms with E-state index >= 15 is 0 Å². The van der Waals surface area contributed by atoms with Gasteiger partial charge in [0.2, 0.25) is 0 Å². The van der Waals surface area contributed by atoms with Crippen molar-refractivity contribution in [2.45, 2.75) is 0 Å². The third-order valence-electron chi connectivity index (χ3n) is 5.31. The molecule has 176 valence electrons. The lowest BCUT2D eigenvalue weighted by atomic mass is 10.3. The summed E-state index contributed by atoms with van der Waals surface area (Å²) >= 11 is 0. The molecular formula is C28H24N8. The summed E-state index contributed by atoms with van der Waals surface area (Å²) in [6.07, 6.45) is 6.80. The minimum Gasteiger partial charge on any atom is -0.345 e. The number of fused-ring (bicyclic) bond motifs is 4. The Morgan fingerprint density at radius 1 is 0.306 bits per heavy atom. The van der Waals surface area contributed by atoms with E-state index in [0.29, 0.717) is 0 Å². The van der Waals surface area contributed by atoms with Crippen LogP contribution in [-0.2, 0) is 0 Å². The topological polar surface area (TPSA) is 115 Å². The van der Waals surface area contributed by atoms with Gasteiger partial charge in [-0.15, -0.1) is 0 Å². The van der Waals surface area contributed by atoms with Crippen molar-refractivity contribution in [3.63, 3.8) is 0 Å². The van der Waals surface area contributed by atoms with Gasteiger partial charge in [-0.2, -0.15) is 0 Å². The molecule has 0 saturated heterocycles. The number of hydrogen-bond donors (Lipinski definition) is 4. The largest absolute Gasteiger partial charge is 0.345 e. The second-order valence-corrected chi connectivity index (χ2v) is 7.68. The fraction of sp³-hybridized carbons (Fsp3) is 0. The van der Waals surface area contributed by atoms with Gasteiger partial charge in [-0.25, -0.2) is 19.9 Å². The monoisotopic (exact) mass is 472 g/mol. The first-order valence-electron chi connectivity index (χ1n) is 11.4. The number of para-hydroxylation sites is 8. The molecule has 0 fully saturated rings. The summed E-state index contributed by atoms with van der Waals surface area (Å²) in [4.78, 5) is 28.3. The summed E-state index contributed by atoms with van der Waals surface area (Å²) in [5, 5.41) is 0. The maximum atomic E-state index is 4.06. The predicted octanol–water partition coefficient (Wildman–Crippen LogP) is 6.25. The molecule has 0 aliphatic carbocycles. The highest BCUT2D eigenvalue weighted by Gasteiger charge is 1.90. The lowest BCUT2D eigenvalue weighted by Crippen LogP contribution is -1.63. The molecule has 4 aromatic carbocycles. The molecule has 8 aromatic rings. The number of imidazole rings is 4. The van der Waals surface area contributed by atoms with Crippen LogP contribution in [0, 0.1) is 0 Å². The van der Waals surface area contributed by atoms with Gasteiger partial charge in [-0.05, 0) is 48.5 Å². The quantitative estimate of drug-likeness (QED) is 0.209. The molecule has 0 amide bonds. The van der Waals surface area contributed by atoms with Crippen LogP contribution in [0.1, 0.15) is 0 Å². The summed E-state index contributed by atoms with van der Waals surface area (Å²) in [6.45, 7) is 0. The van der Waals surface area contributed by atoms with E-state index in [9.17, 15) is 0 Å². The highest BCUT2D eigenvalue weighted by atomic mass is 14.9. The van der Waals surface area contributed by atoms with Crippen LogP contribution in [0.25, 0.3) is 44.1 Å². The molecule has 0 saturated carbocycles. The Bertz CT molecular complexity index is 1390. The minimum absolute atomic E-state index is 1.03. The molecule has 0 bridgehead atoms. The number of aromatic amines is 4. The van der Waals surface area contributed by atoms with Crippen molar-refractivity contribution < 1.29 is 0 Å². The molecule has 0 radical (unpaired) electrons. The molecule has 0 unspecified atom stereocenters. The van der Waals surface area contributed by atoms with E-state index in [1.807, 2.05) is 97.1 Å². The molecule has 4 heterocycles. The Morgan fingerprint density at radius 2 is 0.528 bits per heavy atom. The summed E-state index contributed by atoms with van der Waals surface area (Å²) in [6, 6.07) is 31.8. The maximum absolute atomic E-state index is 4.06.